The van der Waals surface area contributed by atoms with E-state index in [1.54, 1.807) is 11.3 Å². The molecule has 190 valence electrons. The Hall–Kier alpha value is -3.10. The Bertz CT molecular complexity index is 1380. The van der Waals surface area contributed by atoms with Gasteiger partial charge in [0.25, 0.3) is 0 Å². The normalized spacial score (nSPS) is 24.2. The van der Waals surface area contributed by atoms with Crippen molar-refractivity contribution in [3.05, 3.63) is 78.6 Å². The number of benzene rings is 2. The standard InChI is InChI=1S/C30H33N5OS/c1-29(36)19-30(31,20-29)24-10-8-21(9-11-24)26-27(22-6-4-3-5-7-22)37-28(33-26)23-16-25(18-32-17-23)35-14-12-34(2)13-15-35/h3-11,16-18,36H,12-15,19-20,31H2,1-2H3/t29-,30-. The van der Waals surface area contributed by atoms with Gasteiger partial charge in [0.1, 0.15) is 5.01 Å². The van der Waals surface area contributed by atoms with Gasteiger partial charge in [-0.25, -0.2) is 4.98 Å². The minimum Gasteiger partial charge on any atom is -0.390 e. The summed E-state index contributed by atoms with van der Waals surface area (Å²) in [5.74, 6) is 0. The Morgan fingerprint density at radius 3 is 2.27 bits per heavy atom. The SMILES string of the molecule is CN1CCN(c2cncc(-c3nc(-c4ccc([C@]5(N)C[C@](C)(O)C5)cc4)c(-c4ccccc4)s3)c2)CC1. The molecular formula is C30H33N5OS. The Balaban J connectivity index is 1.36. The van der Waals surface area contributed by atoms with Crippen LogP contribution in [0.2, 0.25) is 0 Å². The molecule has 6 rings (SSSR count). The van der Waals surface area contributed by atoms with E-state index in [0.717, 1.165) is 69.7 Å². The monoisotopic (exact) mass is 511 g/mol. The maximum absolute atomic E-state index is 10.2. The second-order valence-corrected chi connectivity index (χ2v) is 11.9. The first-order valence-corrected chi connectivity index (χ1v) is 13.7. The summed E-state index contributed by atoms with van der Waals surface area (Å²) < 4.78 is 0. The van der Waals surface area contributed by atoms with E-state index < -0.39 is 11.1 Å². The van der Waals surface area contributed by atoms with Crippen molar-refractivity contribution in [2.45, 2.75) is 30.9 Å². The summed E-state index contributed by atoms with van der Waals surface area (Å²) in [7, 11) is 2.17. The molecule has 3 N–H and O–H groups in total. The number of aromatic nitrogens is 2. The highest BCUT2D eigenvalue weighted by Gasteiger charge is 2.49. The van der Waals surface area contributed by atoms with E-state index in [4.69, 9.17) is 10.7 Å². The predicted molar refractivity (Wildman–Crippen MR) is 152 cm³/mol. The van der Waals surface area contributed by atoms with Crippen LogP contribution in [-0.2, 0) is 5.54 Å². The van der Waals surface area contributed by atoms with Gasteiger partial charge >= 0.3 is 0 Å². The molecule has 1 saturated carbocycles. The quantitative estimate of drug-likeness (QED) is 0.393. The highest BCUT2D eigenvalue weighted by atomic mass is 32.1. The number of hydrogen-bond donors (Lipinski definition) is 2. The second-order valence-electron chi connectivity index (χ2n) is 10.9. The number of anilines is 1. The number of thiazole rings is 1. The molecule has 1 aliphatic heterocycles. The van der Waals surface area contributed by atoms with Crippen LogP contribution in [0.1, 0.15) is 25.3 Å². The molecule has 2 aliphatic rings. The van der Waals surface area contributed by atoms with Crippen LogP contribution < -0.4 is 10.6 Å². The largest absolute Gasteiger partial charge is 0.390 e. The maximum Gasteiger partial charge on any atom is 0.126 e. The first-order chi connectivity index (χ1) is 17.8. The zero-order valence-electron chi connectivity index (χ0n) is 21.4. The lowest BCUT2D eigenvalue weighted by Crippen LogP contribution is -2.58. The van der Waals surface area contributed by atoms with E-state index in [9.17, 15) is 5.11 Å². The lowest BCUT2D eigenvalue weighted by molar-refractivity contribution is -0.0738. The number of aliphatic hydroxyl groups is 1. The number of rotatable bonds is 5. The summed E-state index contributed by atoms with van der Waals surface area (Å²) in [6.07, 6.45) is 5.03. The van der Waals surface area contributed by atoms with Crippen LogP contribution in [0.3, 0.4) is 0 Å². The third kappa shape index (κ3) is 4.80. The summed E-state index contributed by atoms with van der Waals surface area (Å²) >= 11 is 1.71. The molecule has 2 aromatic heterocycles. The van der Waals surface area contributed by atoms with E-state index in [1.165, 1.54) is 0 Å². The fourth-order valence-electron chi connectivity index (χ4n) is 5.68. The van der Waals surface area contributed by atoms with Crippen LogP contribution >= 0.6 is 11.3 Å². The van der Waals surface area contributed by atoms with E-state index in [1.807, 2.05) is 25.4 Å². The molecule has 37 heavy (non-hydrogen) atoms. The predicted octanol–water partition coefficient (Wildman–Crippen LogP) is 4.99. The molecule has 4 aromatic rings. The van der Waals surface area contributed by atoms with Gasteiger partial charge in [-0.1, -0.05) is 54.6 Å². The molecule has 0 atom stereocenters. The Labute approximate surface area is 222 Å². The van der Waals surface area contributed by atoms with Gasteiger partial charge in [-0.3, -0.25) is 4.98 Å². The molecule has 7 heteroatoms. The smallest absolute Gasteiger partial charge is 0.126 e. The number of nitrogens with two attached hydrogens (primary N) is 1. The highest BCUT2D eigenvalue weighted by Crippen LogP contribution is 2.47. The minimum absolute atomic E-state index is 0.465. The van der Waals surface area contributed by atoms with E-state index in [2.05, 4.69) is 76.4 Å². The van der Waals surface area contributed by atoms with Crippen molar-refractivity contribution < 1.29 is 5.11 Å². The maximum atomic E-state index is 10.2. The lowest BCUT2D eigenvalue weighted by atomic mass is 9.63. The van der Waals surface area contributed by atoms with E-state index in [-0.39, 0.29) is 0 Å². The summed E-state index contributed by atoms with van der Waals surface area (Å²) in [5, 5.41) is 11.2. The van der Waals surface area contributed by atoms with Gasteiger partial charge in [0.2, 0.25) is 0 Å². The van der Waals surface area contributed by atoms with Gasteiger partial charge in [0.15, 0.2) is 0 Å². The highest BCUT2D eigenvalue weighted by molar-refractivity contribution is 7.19. The summed E-state index contributed by atoms with van der Waals surface area (Å²) in [5.41, 5.74) is 11.9. The summed E-state index contributed by atoms with van der Waals surface area (Å²) in [6, 6.07) is 21.1. The van der Waals surface area contributed by atoms with Crippen molar-refractivity contribution in [3.63, 3.8) is 0 Å². The van der Waals surface area contributed by atoms with Crippen LogP contribution in [0.15, 0.2) is 73.1 Å². The van der Waals surface area contributed by atoms with Crippen LogP contribution in [0.5, 0.6) is 0 Å². The zero-order valence-corrected chi connectivity index (χ0v) is 22.2. The number of likely N-dealkylation sites (N-methyl/N-ethyl adjacent to an activating group) is 1. The van der Waals surface area contributed by atoms with Gasteiger partial charge < -0.3 is 20.6 Å². The van der Waals surface area contributed by atoms with E-state index >= 15 is 0 Å². The first-order valence-electron chi connectivity index (χ1n) is 12.9. The molecule has 3 heterocycles. The van der Waals surface area contributed by atoms with Gasteiger partial charge in [0, 0.05) is 49.0 Å². The molecule has 0 radical (unpaired) electrons. The summed E-state index contributed by atoms with van der Waals surface area (Å²) in [4.78, 5) is 15.6. The molecule has 2 fully saturated rings. The van der Waals surface area contributed by atoms with Crippen molar-refractivity contribution in [1.82, 2.24) is 14.9 Å². The first kappa shape index (κ1) is 24.2. The van der Waals surface area contributed by atoms with Crippen LogP contribution in [-0.4, -0.2) is 58.8 Å². The number of nitrogens with zero attached hydrogens (tertiary/aromatic N) is 4. The molecule has 6 nitrogen and oxygen atoms in total. The van der Waals surface area contributed by atoms with Crippen LogP contribution in [0, 0.1) is 0 Å². The second kappa shape index (κ2) is 9.33. The Kier molecular flexibility index (Phi) is 6.12. The van der Waals surface area contributed by atoms with Gasteiger partial charge in [-0.05, 0) is 44.0 Å². The van der Waals surface area contributed by atoms with Gasteiger partial charge in [-0.2, -0.15) is 0 Å². The molecule has 1 aliphatic carbocycles. The topological polar surface area (TPSA) is 78.5 Å². The molecule has 0 unspecified atom stereocenters. The third-order valence-electron chi connectivity index (χ3n) is 7.63. The van der Waals surface area contributed by atoms with Crippen molar-refractivity contribution in [2.24, 2.45) is 5.73 Å². The molecule has 1 saturated heterocycles. The minimum atomic E-state index is -0.676. The Morgan fingerprint density at radius 1 is 0.892 bits per heavy atom. The van der Waals surface area contributed by atoms with Crippen LogP contribution in [0.25, 0.3) is 32.3 Å². The zero-order chi connectivity index (χ0) is 25.6. The van der Waals surface area contributed by atoms with Crippen molar-refractivity contribution in [2.75, 3.05) is 38.1 Å². The molecule has 0 spiro atoms. The number of piperazine rings is 1. The van der Waals surface area contributed by atoms with Crippen molar-refractivity contribution in [1.29, 1.82) is 0 Å². The van der Waals surface area contributed by atoms with Crippen molar-refractivity contribution >= 4 is 17.0 Å². The third-order valence-corrected chi connectivity index (χ3v) is 8.78. The molecule has 0 bridgehead atoms. The lowest BCUT2D eigenvalue weighted by Gasteiger charge is -2.49. The molecular weight excluding hydrogens is 478 g/mol. The number of hydrogen-bond acceptors (Lipinski definition) is 7. The summed E-state index contributed by atoms with van der Waals surface area (Å²) in [6.45, 7) is 5.97. The fraction of sp³-hybridized carbons (Fsp3) is 0.333. The van der Waals surface area contributed by atoms with Crippen LogP contribution in [0.4, 0.5) is 5.69 Å². The fourth-order valence-corrected chi connectivity index (χ4v) is 6.75. The van der Waals surface area contributed by atoms with E-state index in [0.29, 0.717) is 12.8 Å². The molecule has 0 amide bonds. The van der Waals surface area contributed by atoms with Gasteiger partial charge in [0.05, 0.1) is 28.1 Å². The average molecular weight is 512 g/mol. The Morgan fingerprint density at radius 2 is 1.59 bits per heavy atom. The molecule has 2 aromatic carbocycles. The van der Waals surface area contributed by atoms with Gasteiger partial charge in [-0.15, -0.1) is 11.3 Å². The van der Waals surface area contributed by atoms with Crippen molar-refractivity contribution in [3.8, 4) is 32.3 Å². The number of pyridine rings is 1. The average Bonchev–Trinajstić information content (AvgIpc) is 3.34.